The van der Waals surface area contributed by atoms with Crippen molar-refractivity contribution in [1.29, 1.82) is 0 Å². The van der Waals surface area contributed by atoms with Crippen LogP contribution in [0.3, 0.4) is 0 Å². The van der Waals surface area contributed by atoms with E-state index in [1.54, 1.807) is 30.3 Å². The van der Waals surface area contributed by atoms with Crippen LogP contribution in [0.1, 0.15) is 9.67 Å². The Kier molecular flexibility index (Phi) is 5.73. The van der Waals surface area contributed by atoms with Gasteiger partial charge in [-0.05, 0) is 59.0 Å². The molecule has 0 aliphatic carbocycles. The second-order valence-electron chi connectivity index (χ2n) is 6.94. The van der Waals surface area contributed by atoms with E-state index in [1.807, 2.05) is 12.1 Å². The summed E-state index contributed by atoms with van der Waals surface area (Å²) >= 11 is 15.8. The third-order valence-corrected chi connectivity index (χ3v) is 7.57. The minimum absolute atomic E-state index is 0.0933. The molecule has 5 rings (SSSR count). The average Bonchev–Trinajstić information content (AvgIpc) is 3.36. The van der Waals surface area contributed by atoms with Crippen molar-refractivity contribution < 1.29 is 14.1 Å². The highest BCUT2D eigenvalue weighted by atomic mass is 127. The first-order valence-corrected chi connectivity index (χ1v) is 12.0. The van der Waals surface area contributed by atoms with Crippen molar-refractivity contribution in [2.24, 2.45) is 0 Å². The first kappa shape index (κ1) is 22.1. The number of nitrogens with zero attached hydrogens (tertiary/aromatic N) is 2. The van der Waals surface area contributed by atoms with E-state index < -0.39 is 10.8 Å². The molecule has 1 amide bonds. The average molecular weight is 610 g/mol. The Morgan fingerprint density at radius 1 is 1.15 bits per heavy atom. The Morgan fingerprint density at radius 3 is 2.76 bits per heavy atom. The molecular formula is C22H10Cl2IN3O4S. The maximum atomic E-state index is 12.9. The molecule has 7 nitrogen and oxygen atoms in total. The fraction of sp³-hybridized carbons (Fsp3) is 0. The van der Waals surface area contributed by atoms with Crippen LogP contribution in [0.4, 0.5) is 11.4 Å². The summed E-state index contributed by atoms with van der Waals surface area (Å²) in [4.78, 5) is 28.4. The summed E-state index contributed by atoms with van der Waals surface area (Å²) in [6.07, 6.45) is 0. The molecule has 164 valence electrons. The lowest BCUT2D eigenvalue weighted by atomic mass is 10.2. The Hall–Kier alpha value is -2.73. The van der Waals surface area contributed by atoms with E-state index in [4.69, 9.17) is 27.6 Å². The number of oxazole rings is 1. The van der Waals surface area contributed by atoms with E-state index in [0.29, 0.717) is 43.4 Å². The molecule has 2 heterocycles. The van der Waals surface area contributed by atoms with Crippen LogP contribution in [0, 0.1) is 13.7 Å². The molecule has 11 heteroatoms. The van der Waals surface area contributed by atoms with Crippen molar-refractivity contribution in [2.45, 2.75) is 0 Å². The first-order valence-electron chi connectivity index (χ1n) is 9.34. The second kappa shape index (κ2) is 8.56. The number of carbonyl (C=O) groups excluding carboxylic acids is 1. The van der Waals surface area contributed by atoms with Crippen molar-refractivity contribution in [2.75, 3.05) is 5.32 Å². The standard InChI is InChI=1S/C22H10Cl2IN3O4S/c23-14-6-4-10(25)8-13(14)22-27-15-9-11(5-7-17(15)32-22)26-21(29)20-18(24)12-2-1-3-16(28(30)31)19(12)33-20/h1-9H,(H,26,29). The van der Waals surface area contributed by atoms with E-state index in [1.165, 1.54) is 12.1 Å². The Balaban J connectivity index is 1.48. The van der Waals surface area contributed by atoms with Crippen LogP contribution < -0.4 is 5.32 Å². The van der Waals surface area contributed by atoms with Gasteiger partial charge in [-0.15, -0.1) is 11.3 Å². The Labute approximate surface area is 213 Å². The molecule has 0 bridgehead atoms. The van der Waals surface area contributed by atoms with Gasteiger partial charge in [0.2, 0.25) is 5.89 Å². The molecule has 0 fully saturated rings. The summed E-state index contributed by atoms with van der Waals surface area (Å²) in [6, 6.07) is 15.1. The predicted molar refractivity (Wildman–Crippen MR) is 139 cm³/mol. The second-order valence-corrected chi connectivity index (χ2v) is 9.99. The van der Waals surface area contributed by atoms with Crippen molar-refractivity contribution in [3.63, 3.8) is 0 Å². The highest BCUT2D eigenvalue weighted by Gasteiger charge is 2.23. The molecule has 1 N–H and O–H groups in total. The lowest BCUT2D eigenvalue weighted by Gasteiger charge is -2.03. The fourth-order valence-corrected chi connectivity index (χ4v) is 5.51. The maximum Gasteiger partial charge on any atom is 0.287 e. The maximum absolute atomic E-state index is 12.9. The predicted octanol–water partition coefficient (Wildman–Crippen LogP) is 7.78. The van der Waals surface area contributed by atoms with Gasteiger partial charge in [0.1, 0.15) is 15.1 Å². The lowest BCUT2D eigenvalue weighted by Crippen LogP contribution is -2.10. The van der Waals surface area contributed by atoms with E-state index >= 15 is 0 Å². The van der Waals surface area contributed by atoms with Crippen LogP contribution in [0.15, 0.2) is 59.0 Å². The van der Waals surface area contributed by atoms with Crippen LogP contribution >= 0.6 is 57.1 Å². The smallest absolute Gasteiger partial charge is 0.287 e. The molecule has 0 saturated heterocycles. The number of aromatic nitrogens is 1. The van der Waals surface area contributed by atoms with E-state index in [0.717, 1.165) is 14.9 Å². The van der Waals surface area contributed by atoms with Gasteiger partial charge < -0.3 is 9.73 Å². The zero-order valence-corrected chi connectivity index (χ0v) is 20.8. The summed E-state index contributed by atoms with van der Waals surface area (Å²) < 4.78 is 7.17. The zero-order valence-electron chi connectivity index (χ0n) is 16.3. The van der Waals surface area contributed by atoms with Crippen molar-refractivity contribution in [3.05, 3.63) is 83.2 Å². The number of nitrogens with one attached hydrogen (secondary N) is 1. The lowest BCUT2D eigenvalue weighted by molar-refractivity contribution is -0.382. The number of hydrogen-bond acceptors (Lipinski definition) is 6. The summed E-state index contributed by atoms with van der Waals surface area (Å²) in [5, 5.41) is 15.2. The molecule has 5 aromatic rings. The molecule has 0 saturated carbocycles. The van der Waals surface area contributed by atoms with Gasteiger partial charge in [0.05, 0.1) is 20.5 Å². The normalized spacial score (nSPS) is 11.2. The number of carbonyl (C=O) groups is 1. The molecule has 2 aromatic heterocycles. The monoisotopic (exact) mass is 609 g/mol. The summed E-state index contributed by atoms with van der Waals surface area (Å²) in [5.41, 5.74) is 2.13. The first-order chi connectivity index (χ1) is 15.8. The van der Waals surface area contributed by atoms with Gasteiger partial charge in [-0.1, -0.05) is 35.3 Å². The summed E-state index contributed by atoms with van der Waals surface area (Å²) in [5.74, 6) is -0.101. The highest BCUT2D eigenvalue weighted by Crippen LogP contribution is 2.40. The van der Waals surface area contributed by atoms with Gasteiger partial charge in [-0.2, -0.15) is 0 Å². The van der Waals surface area contributed by atoms with Gasteiger partial charge in [-0.3, -0.25) is 14.9 Å². The molecule has 33 heavy (non-hydrogen) atoms. The molecule has 3 aromatic carbocycles. The van der Waals surface area contributed by atoms with Crippen LogP contribution in [0.5, 0.6) is 0 Å². The number of non-ortho nitro benzene ring substituents is 1. The van der Waals surface area contributed by atoms with Crippen LogP contribution in [-0.4, -0.2) is 15.8 Å². The number of benzene rings is 3. The summed E-state index contributed by atoms with van der Waals surface area (Å²) in [6.45, 7) is 0. The van der Waals surface area contributed by atoms with Gasteiger partial charge in [0.15, 0.2) is 5.58 Å². The third-order valence-electron chi connectivity index (χ3n) is 4.84. The molecule has 0 aliphatic rings. The van der Waals surface area contributed by atoms with Gasteiger partial charge in [-0.25, -0.2) is 4.98 Å². The zero-order chi connectivity index (χ0) is 23.3. The molecular weight excluding hydrogens is 600 g/mol. The number of halogens is 3. The van der Waals surface area contributed by atoms with Crippen molar-refractivity contribution >= 4 is 95.6 Å². The minimum atomic E-state index is -0.493. The van der Waals surface area contributed by atoms with Crippen LogP contribution in [-0.2, 0) is 0 Å². The quantitative estimate of drug-likeness (QED) is 0.127. The number of nitro groups is 1. The number of hydrogen-bond donors (Lipinski definition) is 1. The SMILES string of the molecule is O=C(Nc1ccc2oc(-c3cc(I)ccc3Cl)nc2c1)c1sc2c([N+](=O)[O-])cccc2c1Cl. The third kappa shape index (κ3) is 4.05. The fourth-order valence-electron chi connectivity index (χ4n) is 3.33. The Bertz CT molecular complexity index is 1600. The van der Waals surface area contributed by atoms with Crippen molar-refractivity contribution in [3.8, 4) is 11.5 Å². The van der Waals surface area contributed by atoms with Gasteiger partial charge in [0.25, 0.3) is 11.6 Å². The number of thiophene rings is 1. The molecule has 0 atom stereocenters. The topological polar surface area (TPSA) is 98.3 Å². The van der Waals surface area contributed by atoms with E-state index in [9.17, 15) is 14.9 Å². The van der Waals surface area contributed by atoms with Crippen molar-refractivity contribution in [1.82, 2.24) is 4.98 Å². The van der Waals surface area contributed by atoms with Gasteiger partial charge in [0, 0.05) is 20.7 Å². The summed E-state index contributed by atoms with van der Waals surface area (Å²) in [7, 11) is 0. The van der Waals surface area contributed by atoms with E-state index in [-0.39, 0.29) is 15.6 Å². The molecule has 0 radical (unpaired) electrons. The van der Waals surface area contributed by atoms with Crippen LogP contribution in [0.2, 0.25) is 10.0 Å². The Morgan fingerprint density at radius 2 is 1.97 bits per heavy atom. The number of anilines is 1. The van der Waals surface area contributed by atoms with Gasteiger partial charge >= 0.3 is 0 Å². The largest absolute Gasteiger partial charge is 0.436 e. The molecule has 0 aliphatic heterocycles. The minimum Gasteiger partial charge on any atom is -0.436 e. The molecule has 0 unspecified atom stereocenters. The number of rotatable bonds is 4. The number of amides is 1. The number of nitro benzene ring substituents is 1. The van der Waals surface area contributed by atoms with Crippen LogP contribution in [0.25, 0.3) is 32.6 Å². The number of fused-ring (bicyclic) bond motifs is 2. The molecule has 0 spiro atoms. The van der Waals surface area contributed by atoms with E-state index in [2.05, 4.69) is 32.9 Å². The highest BCUT2D eigenvalue weighted by molar-refractivity contribution is 14.1.